The van der Waals surface area contributed by atoms with Gasteiger partial charge in [-0.25, -0.2) is 18.7 Å². The van der Waals surface area contributed by atoms with Crippen LogP contribution >= 0.6 is 0 Å². The van der Waals surface area contributed by atoms with Crippen LogP contribution in [0.15, 0.2) is 24.4 Å². The van der Waals surface area contributed by atoms with Gasteiger partial charge in [-0.3, -0.25) is 9.80 Å². The Morgan fingerprint density at radius 1 is 1.04 bits per heavy atom. The van der Waals surface area contributed by atoms with Crippen LogP contribution in [0.4, 0.5) is 14.7 Å². The summed E-state index contributed by atoms with van der Waals surface area (Å²) in [6, 6.07) is 3.78. The Kier molecular flexibility index (Phi) is 5.82. The van der Waals surface area contributed by atoms with Crippen molar-refractivity contribution in [2.24, 2.45) is 0 Å². The van der Waals surface area contributed by atoms with E-state index in [9.17, 15) is 8.78 Å². The number of anilines is 1. The third kappa shape index (κ3) is 4.31. The van der Waals surface area contributed by atoms with E-state index in [1.54, 1.807) is 0 Å². The van der Waals surface area contributed by atoms with Gasteiger partial charge in [0.2, 0.25) is 5.95 Å². The van der Waals surface area contributed by atoms with Crippen LogP contribution in [0.25, 0.3) is 0 Å². The highest BCUT2D eigenvalue weighted by Crippen LogP contribution is 2.22. The van der Waals surface area contributed by atoms with E-state index in [0.717, 1.165) is 69.0 Å². The zero-order valence-corrected chi connectivity index (χ0v) is 16.4. The van der Waals surface area contributed by atoms with E-state index in [-0.39, 0.29) is 0 Å². The Labute approximate surface area is 165 Å². The molecule has 1 aromatic carbocycles. The first kappa shape index (κ1) is 19.2. The molecule has 3 heterocycles. The van der Waals surface area contributed by atoms with Crippen molar-refractivity contribution in [1.29, 1.82) is 0 Å². The Morgan fingerprint density at radius 3 is 2.61 bits per heavy atom. The molecule has 0 unspecified atom stereocenters. The maximum Gasteiger partial charge on any atom is 0.225 e. The first-order chi connectivity index (χ1) is 13.6. The van der Waals surface area contributed by atoms with Crippen molar-refractivity contribution in [2.75, 3.05) is 44.2 Å². The molecule has 5 nitrogen and oxygen atoms in total. The topological polar surface area (TPSA) is 35.5 Å². The molecule has 2 aliphatic rings. The van der Waals surface area contributed by atoms with E-state index >= 15 is 0 Å². The second-order valence-electron chi connectivity index (χ2n) is 7.67. The molecule has 0 saturated carbocycles. The Balaban J connectivity index is 1.39. The molecule has 7 heteroatoms. The van der Waals surface area contributed by atoms with Crippen molar-refractivity contribution in [1.82, 2.24) is 19.8 Å². The van der Waals surface area contributed by atoms with Crippen molar-refractivity contribution >= 4 is 5.95 Å². The van der Waals surface area contributed by atoms with E-state index in [1.807, 2.05) is 6.20 Å². The SMILES string of the molecule is CCCN1CCN(c2ncc3c(n2)CCN(Cc2ccc(F)cc2F)C3)CC1. The first-order valence-corrected chi connectivity index (χ1v) is 10.1. The number of hydrogen-bond acceptors (Lipinski definition) is 5. The van der Waals surface area contributed by atoms with Gasteiger partial charge in [0, 0.05) is 75.6 Å². The molecule has 2 aliphatic heterocycles. The molecular weight excluding hydrogens is 360 g/mol. The summed E-state index contributed by atoms with van der Waals surface area (Å²) in [5.41, 5.74) is 2.71. The van der Waals surface area contributed by atoms with Crippen LogP contribution in [0.3, 0.4) is 0 Å². The van der Waals surface area contributed by atoms with Gasteiger partial charge in [0.1, 0.15) is 11.6 Å². The quantitative estimate of drug-likeness (QED) is 0.788. The molecule has 1 saturated heterocycles. The molecule has 0 amide bonds. The minimum Gasteiger partial charge on any atom is -0.338 e. The van der Waals surface area contributed by atoms with Crippen LogP contribution in [-0.2, 0) is 19.5 Å². The fourth-order valence-corrected chi connectivity index (χ4v) is 4.03. The van der Waals surface area contributed by atoms with E-state index < -0.39 is 11.6 Å². The molecule has 0 aliphatic carbocycles. The molecule has 2 aromatic rings. The maximum atomic E-state index is 13.9. The summed E-state index contributed by atoms with van der Waals surface area (Å²) in [4.78, 5) is 16.3. The second-order valence-corrected chi connectivity index (χ2v) is 7.67. The van der Waals surface area contributed by atoms with E-state index in [2.05, 4.69) is 26.6 Å². The summed E-state index contributed by atoms with van der Waals surface area (Å²) in [6.45, 7) is 9.39. The monoisotopic (exact) mass is 387 g/mol. The fraction of sp³-hybridized carbons (Fsp3) is 0.524. The average Bonchev–Trinajstić information content (AvgIpc) is 2.70. The lowest BCUT2D eigenvalue weighted by Crippen LogP contribution is -2.47. The molecule has 0 atom stereocenters. The molecule has 1 fully saturated rings. The zero-order valence-electron chi connectivity index (χ0n) is 16.4. The molecule has 0 bridgehead atoms. The highest BCUT2D eigenvalue weighted by molar-refractivity contribution is 5.35. The van der Waals surface area contributed by atoms with E-state index in [4.69, 9.17) is 4.98 Å². The van der Waals surface area contributed by atoms with Gasteiger partial charge in [-0.05, 0) is 19.0 Å². The highest BCUT2D eigenvalue weighted by Gasteiger charge is 2.23. The molecule has 28 heavy (non-hydrogen) atoms. The zero-order chi connectivity index (χ0) is 19.5. The van der Waals surface area contributed by atoms with Crippen molar-refractivity contribution in [3.63, 3.8) is 0 Å². The van der Waals surface area contributed by atoms with Gasteiger partial charge in [0.05, 0.1) is 5.69 Å². The van der Waals surface area contributed by atoms with Crippen LogP contribution < -0.4 is 4.90 Å². The summed E-state index contributed by atoms with van der Waals surface area (Å²) in [6.07, 6.45) is 3.93. The number of halogens is 2. The Hall–Kier alpha value is -2.12. The number of fused-ring (bicyclic) bond motifs is 1. The van der Waals surface area contributed by atoms with Crippen LogP contribution in [-0.4, -0.2) is 59.0 Å². The molecular formula is C21H27F2N5. The lowest BCUT2D eigenvalue weighted by Gasteiger charge is -2.35. The summed E-state index contributed by atoms with van der Waals surface area (Å²) in [7, 11) is 0. The normalized spacial score (nSPS) is 18.3. The van der Waals surface area contributed by atoms with Crippen LogP contribution in [0.5, 0.6) is 0 Å². The largest absolute Gasteiger partial charge is 0.338 e. The van der Waals surface area contributed by atoms with Gasteiger partial charge in [0.25, 0.3) is 0 Å². The number of rotatable bonds is 5. The Morgan fingerprint density at radius 2 is 1.86 bits per heavy atom. The van der Waals surface area contributed by atoms with Crippen molar-refractivity contribution in [2.45, 2.75) is 32.9 Å². The molecule has 1 aromatic heterocycles. The van der Waals surface area contributed by atoms with E-state index in [0.29, 0.717) is 18.7 Å². The number of benzene rings is 1. The summed E-state index contributed by atoms with van der Waals surface area (Å²) in [5.74, 6) is -0.200. The molecule has 0 N–H and O–H groups in total. The van der Waals surface area contributed by atoms with Gasteiger partial charge >= 0.3 is 0 Å². The molecule has 150 valence electrons. The lowest BCUT2D eigenvalue weighted by atomic mass is 10.1. The second kappa shape index (κ2) is 8.49. The van der Waals surface area contributed by atoms with Gasteiger partial charge in [-0.15, -0.1) is 0 Å². The van der Waals surface area contributed by atoms with Crippen LogP contribution in [0.1, 0.15) is 30.2 Å². The lowest BCUT2D eigenvalue weighted by molar-refractivity contribution is 0.239. The van der Waals surface area contributed by atoms with Gasteiger partial charge in [0.15, 0.2) is 0 Å². The summed E-state index contributed by atoms with van der Waals surface area (Å²) < 4.78 is 27.0. The van der Waals surface area contributed by atoms with Crippen molar-refractivity contribution in [3.8, 4) is 0 Å². The minimum absolute atomic E-state index is 0.465. The molecule has 0 radical (unpaired) electrons. The summed E-state index contributed by atoms with van der Waals surface area (Å²) >= 11 is 0. The van der Waals surface area contributed by atoms with Crippen LogP contribution in [0, 0.1) is 11.6 Å². The van der Waals surface area contributed by atoms with Gasteiger partial charge in [-0.1, -0.05) is 13.0 Å². The highest BCUT2D eigenvalue weighted by atomic mass is 19.1. The number of nitrogens with zero attached hydrogens (tertiary/aromatic N) is 5. The first-order valence-electron chi connectivity index (χ1n) is 10.1. The molecule has 0 spiro atoms. The molecule has 4 rings (SSSR count). The van der Waals surface area contributed by atoms with Crippen LogP contribution in [0.2, 0.25) is 0 Å². The van der Waals surface area contributed by atoms with Gasteiger partial charge < -0.3 is 4.90 Å². The maximum absolute atomic E-state index is 13.9. The third-order valence-corrected chi connectivity index (χ3v) is 5.60. The number of hydrogen-bond donors (Lipinski definition) is 0. The predicted octanol–water partition coefficient (Wildman–Crippen LogP) is 2.85. The average molecular weight is 387 g/mol. The standard InChI is InChI=1S/C21H27F2N5/c1-2-6-26-8-10-28(11-9-26)21-24-13-17-15-27(7-5-20(17)25-21)14-16-3-4-18(22)12-19(16)23/h3-4,12-13H,2,5-11,14-15H2,1H3. The Bertz CT molecular complexity index is 820. The number of aromatic nitrogens is 2. The van der Waals surface area contributed by atoms with Gasteiger partial charge in [-0.2, -0.15) is 0 Å². The van der Waals surface area contributed by atoms with Crippen molar-refractivity contribution in [3.05, 3.63) is 52.9 Å². The third-order valence-electron chi connectivity index (χ3n) is 5.60. The smallest absolute Gasteiger partial charge is 0.225 e. The van der Waals surface area contributed by atoms with Crippen molar-refractivity contribution < 1.29 is 8.78 Å². The van der Waals surface area contributed by atoms with E-state index in [1.165, 1.54) is 18.6 Å². The number of piperazine rings is 1. The minimum atomic E-state index is -0.540. The summed E-state index contributed by atoms with van der Waals surface area (Å²) in [5, 5.41) is 0. The fourth-order valence-electron chi connectivity index (χ4n) is 4.03. The predicted molar refractivity (Wildman–Crippen MR) is 105 cm³/mol.